The zero-order valence-electron chi connectivity index (χ0n) is 14.9. The quantitative estimate of drug-likeness (QED) is 0.658. The van der Waals surface area contributed by atoms with Gasteiger partial charge in [0.1, 0.15) is 0 Å². The second-order valence-electron chi connectivity index (χ2n) is 6.88. The van der Waals surface area contributed by atoms with Gasteiger partial charge in [0, 0.05) is 20.1 Å². The molecule has 1 aliphatic heterocycles. The van der Waals surface area contributed by atoms with E-state index in [0.29, 0.717) is 28.0 Å². The van der Waals surface area contributed by atoms with Crippen LogP contribution in [0.5, 0.6) is 0 Å². The first-order valence-corrected chi connectivity index (χ1v) is 9.78. The summed E-state index contributed by atoms with van der Waals surface area (Å²) in [7, 11) is 1.69. The van der Waals surface area contributed by atoms with Crippen LogP contribution in [0.3, 0.4) is 0 Å². The molecular weight excluding hydrogens is 350 g/mol. The van der Waals surface area contributed by atoms with Crippen molar-refractivity contribution in [3.05, 3.63) is 34.6 Å². The molecule has 7 nitrogen and oxygen atoms in total. The highest BCUT2D eigenvalue weighted by Crippen LogP contribution is 2.23. The van der Waals surface area contributed by atoms with Crippen LogP contribution in [0.4, 0.5) is 0 Å². The topological polar surface area (TPSA) is 72.5 Å². The van der Waals surface area contributed by atoms with Gasteiger partial charge in [0.2, 0.25) is 11.7 Å². The van der Waals surface area contributed by atoms with Gasteiger partial charge in [0.15, 0.2) is 5.16 Å². The molecule has 1 atom stereocenters. The van der Waals surface area contributed by atoms with Crippen LogP contribution in [-0.2, 0) is 11.8 Å². The zero-order valence-corrected chi connectivity index (χ0v) is 15.7. The number of piperidine rings is 1. The molecule has 0 bridgehead atoms. The van der Waals surface area contributed by atoms with Gasteiger partial charge in [0.05, 0.1) is 16.7 Å². The minimum atomic E-state index is -0.101. The fraction of sp³-hybridized carbons (Fsp3) is 0.444. The molecule has 1 saturated heterocycles. The smallest absolute Gasteiger partial charge is 0.262 e. The third-order valence-electron chi connectivity index (χ3n) is 4.93. The van der Waals surface area contributed by atoms with Crippen molar-refractivity contribution in [1.29, 1.82) is 0 Å². The minimum Gasteiger partial charge on any atom is -0.342 e. The van der Waals surface area contributed by atoms with Crippen molar-refractivity contribution in [3.63, 3.8) is 0 Å². The van der Waals surface area contributed by atoms with Gasteiger partial charge >= 0.3 is 0 Å². The first-order valence-electron chi connectivity index (χ1n) is 8.79. The van der Waals surface area contributed by atoms with Crippen LogP contribution in [0.15, 0.2) is 34.2 Å². The Hall–Kier alpha value is -2.35. The Morgan fingerprint density at radius 3 is 2.92 bits per heavy atom. The number of aryl methyl sites for hydroxylation is 1. The lowest BCUT2D eigenvalue weighted by Gasteiger charge is -2.30. The maximum absolute atomic E-state index is 12.6. The van der Waals surface area contributed by atoms with E-state index < -0.39 is 0 Å². The lowest BCUT2D eigenvalue weighted by Crippen LogP contribution is -2.40. The van der Waals surface area contributed by atoms with Crippen molar-refractivity contribution >= 4 is 34.3 Å². The third kappa shape index (κ3) is 2.88. The molecule has 0 radical (unpaired) electrons. The van der Waals surface area contributed by atoms with Crippen LogP contribution in [-0.4, -0.2) is 48.8 Å². The summed E-state index contributed by atoms with van der Waals surface area (Å²) in [5.74, 6) is 1.50. The van der Waals surface area contributed by atoms with Crippen LogP contribution in [0, 0.1) is 5.92 Å². The number of nitrogens with zero attached hydrogens (tertiary/aromatic N) is 5. The van der Waals surface area contributed by atoms with E-state index in [2.05, 4.69) is 17.1 Å². The number of carbonyl (C=O) groups is 1. The maximum atomic E-state index is 12.6. The lowest BCUT2D eigenvalue weighted by molar-refractivity contribution is -0.130. The van der Waals surface area contributed by atoms with E-state index in [1.807, 2.05) is 27.5 Å². The highest BCUT2D eigenvalue weighted by Gasteiger charge is 2.22. The zero-order chi connectivity index (χ0) is 18.3. The average molecular weight is 371 g/mol. The largest absolute Gasteiger partial charge is 0.342 e. The Morgan fingerprint density at radius 2 is 2.12 bits per heavy atom. The highest BCUT2D eigenvalue weighted by atomic mass is 32.2. The summed E-state index contributed by atoms with van der Waals surface area (Å²) in [5, 5.41) is 9.63. The number of amides is 1. The molecule has 2 aromatic heterocycles. The molecule has 26 heavy (non-hydrogen) atoms. The third-order valence-corrected chi connectivity index (χ3v) is 5.84. The molecule has 1 fully saturated rings. The molecule has 8 heteroatoms. The van der Waals surface area contributed by atoms with Gasteiger partial charge in [-0.2, -0.15) is 0 Å². The van der Waals surface area contributed by atoms with E-state index in [4.69, 9.17) is 0 Å². The average Bonchev–Trinajstić information content (AvgIpc) is 3.08. The van der Waals surface area contributed by atoms with E-state index in [1.54, 1.807) is 13.1 Å². The van der Waals surface area contributed by atoms with Gasteiger partial charge in [-0.15, -0.1) is 10.2 Å². The van der Waals surface area contributed by atoms with Crippen LogP contribution < -0.4 is 5.56 Å². The summed E-state index contributed by atoms with van der Waals surface area (Å²) >= 11 is 1.37. The van der Waals surface area contributed by atoms with E-state index in [0.717, 1.165) is 25.0 Å². The number of thioether (sulfide) groups is 1. The van der Waals surface area contributed by atoms with E-state index >= 15 is 0 Å². The van der Waals surface area contributed by atoms with E-state index in [9.17, 15) is 9.59 Å². The number of benzene rings is 1. The van der Waals surface area contributed by atoms with Gasteiger partial charge in [-0.1, -0.05) is 30.8 Å². The predicted octanol–water partition coefficient (Wildman–Crippen LogP) is 1.93. The van der Waals surface area contributed by atoms with Crippen molar-refractivity contribution in [2.75, 3.05) is 18.8 Å². The number of carbonyl (C=O) groups excluding carboxylic acids is 1. The van der Waals surface area contributed by atoms with Gasteiger partial charge in [-0.3, -0.25) is 18.6 Å². The maximum Gasteiger partial charge on any atom is 0.262 e. The summed E-state index contributed by atoms with van der Waals surface area (Å²) in [5.41, 5.74) is 0.660. The fourth-order valence-electron chi connectivity index (χ4n) is 3.54. The SMILES string of the molecule is C[C@H]1CCCN(C(=O)CSc2nnc3n(C)c(=O)c4ccccc4n23)C1. The van der Waals surface area contributed by atoms with Crippen molar-refractivity contribution in [2.24, 2.45) is 13.0 Å². The molecule has 0 N–H and O–H groups in total. The molecule has 0 aliphatic carbocycles. The van der Waals surface area contributed by atoms with Gasteiger partial charge in [-0.05, 0) is 30.9 Å². The number of rotatable bonds is 3. The normalized spacial score (nSPS) is 17.9. The van der Waals surface area contributed by atoms with Gasteiger partial charge in [0.25, 0.3) is 5.56 Å². The summed E-state index contributed by atoms with van der Waals surface area (Å²) in [4.78, 5) is 27.0. The molecule has 3 aromatic rings. The van der Waals surface area contributed by atoms with Gasteiger partial charge < -0.3 is 4.90 Å². The number of fused-ring (bicyclic) bond motifs is 3. The number of hydrogen-bond acceptors (Lipinski definition) is 5. The first kappa shape index (κ1) is 17.1. The summed E-state index contributed by atoms with van der Waals surface area (Å²) in [6.45, 7) is 3.85. The molecule has 3 heterocycles. The van der Waals surface area contributed by atoms with Gasteiger partial charge in [-0.25, -0.2) is 0 Å². The van der Waals surface area contributed by atoms with E-state index in [-0.39, 0.29) is 11.5 Å². The Kier molecular flexibility index (Phi) is 4.44. The Balaban J connectivity index is 1.65. The van der Waals surface area contributed by atoms with Crippen molar-refractivity contribution in [1.82, 2.24) is 24.1 Å². The first-order chi connectivity index (χ1) is 12.6. The predicted molar refractivity (Wildman–Crippen MR) is 101 cm³/mol. The Morgan fingerprint density at radius 1 is 1.31 bits per heavy atom. The van der Waals surface area contributed by atoms with Crippen LogP contribution in [0.1, 0.15) is 19.8 Å². The standard InChI is InChI=1S/C18H21N5O2S/c1-12-6-5-9-22(10-12)15(24)11-26-18-20-19-17-21(2)16(25)13-7-3-4-8-14(13)23(17)18/h3-4,7-8,12H,5-6,9-11H2,1-2H3/t12-/m0/s1. The molecule has 1 aromatic carbocycles. The summed E-state index contributed by atoms with van der Waals surface area (Å²) in [6.07, 6.45) is 2.25. The monoisotopic (exact) mass is 371 g/mol. The molecule has 1 amide bonds. The Bertz CT molecular complexity index is 1040. The minimum absolute atomic E-state index is 0.101. The molecule has 4 rings (SSSR count). The summed E-state index contributed by atoms with van der Waals surface area (Å²) < 4.78 is 3.35. The lowest BCUT2D eigenvalue weighted by atomic mass is 10.0. The molecule has 1 aliphatic rings. The summed E-state index contributed by atoms with van der Waals surface area (Å²) in [6, 6.07) is 7.40. The number of aromatic nitrogens is 4. The van der Waals surface area contributed by atoms with Crippen molar-refractivity contribution < 1.29 is 4.79 Å². The fourth-order valence-corrected chi connectivity index (χ4v) is 4.38. The van der Waals surface area contributed by atoms with Crippen LogP contribution in [0.25, 0.3) is 16.7 Å². The molecular formula is C18H21N5O2S. The molecule has 0 unspecified atom stereocenters. The van der Waals surface area contributed by atoms with Crippen molar-refractivity contribution in [3.8, 4) is 0 Å². The van der Waals surface area contributed by atoms with Crippen LogP contribution in [0.2, 0.25) is 0 Å². The van der Waals surface area contributed by atoms with E-state index in [1.165, 1.54) is 22.7 Å². The molecule has 136 valence electrons. The highest BCUT2D eigenvalue weighted by molar-refractivity contribution is 7.99. The van der Waals surface area contributed by atoms with Crippen molar-refractivity contribution in [2.45, 2.75) is 24.9 Å². The molecule has 0 saturated carbocycles. The number of hydrogen-bond donors (Lipinski definition) is 0. The Labute approximate surface area is 155 Å². The molecule has 0 spiro atoms. The number of likely N-dealkylation sites (tertiary alicyclic amines) is 1. The number of para-hydroxylation sites is 1. The second-order valence-corrected chi connectivity index (χ2v) is 7.82. The second kappa shape index (κ2) is 6.75. The van der Waals surface area contributed by atoms with Crippen LogP contribution >= 0.6 is 11.8 Å².